The quantitative estimate of drug-likeness (QED) is 0.176. The number of furan rings is 1. The Kier molecular flexibility index (Phi) is 6.91. The first-order valence-corrected chi connectivity index (χ1v) is 19.9. The van der Waals surface area contributed by atoms with E-state index in [0.717, 1.165) is 46.2 Å². The van der Waals surface area contributed by atoms with Crippen LogP contribution in [0.25, 0.3) is 88.0 Å². The van der Waals surface area contributed by atoms with Crippen LogP contribution in [0.15, 0.2) is 180 Å². The first-order valence-electron chi connectivity index (χ1n) is 19.9. The molecule has 0 N–H and O–H groups in total. The second kappa shape index (κ2) is 12.3. The molecular weight excluding hydrogens is 679 g/mol. The molecule has 0 saturated carbocycles. The molecule has 9 aromatic carbocycles. The number of aryl methyl sites for hydroxylation is 1. The van der Waals surface area contributed by atoms with Crippen LogP contribution in [0.3, 0.4) is 0 Å². The minimum Gasteiger partial charge on any atom is -0.454 e. The molecule has 0 spiro atoms. The summed E-state index contributed by atoms with van der Waals surface area (Å²) in [6, 6.07) is 64.8. The molecule has 0 aliphatic heterocycles. The average Bonchev–Trinajstić information content (AvgIpc) is 3.65. The Labute approximate surface area is 325 Å². The monoisotopic (exact) mass is 715 g/mol. The van der Waals surface area contributed by atoms with Crippen molar-refractivity contribution in [2.75, 3.05) is 4.90 Å². The third kappa shape index (κ3) is 4.82. The molecule has 0 unspecified atom stereocenters. The van der Waals surface area contributed by atoms with Crippen molar-refractivity contribution < 1.29 is 4.42 Å². The van der Waals surface area contributed by atoms with Crippen LogP contribution in [0, 0.1) is 0 Å². The van der Waals surface area contributed by atoms with E-state index in [-0.39, 0.29) is 0 Å². The van der Waals surface area contributed by atoms with Crippen LogP contribution in [-0.4, -0.2) is 0 Å². The number of hydrogen-bond donors (Lipinski definition) is 0. The lowest BCUT2D eigenvalue weighted by Gasteiger charge is -2.31. The zero-order valence-electron chi connectivity index (χ0n) is 30.9. The van der Waals surface area contributed by atoms with Crippen molar-refractivity contribution in [2.24, 2.45) is 0 Å². The fourth-order valence-electron chi connectivity index (χ4n) is 9.61. The van der Waals surface area contributed by atoms with E-state index in [1.807, 2.05) is 0 Å². The summed E-state index contributed by atoms with van der Waals surface area (Å²) in [6.07, 6.45) is 4.66. The second-order valence-electron chi connectivity index (χ2n) is 15.5. The Balaban J connectivity index is 1.06. The van der Waals surface area contributed by atoms with Gasteiger partial charge < -0.3 is 9.32 Å². The number of rotatable bonds is 5. The SMILES string of the molecule is c1ccc(-c2ccc3cc4c(cc3c2)-c2cc3cc(N(c5ccc6c(c5-c5ccccc5)CCCC6)c5cccc6c5oc5ccccc56)ccc3cc2-4)cc1. The molecule has 2 nitrogen and oxygen atoms in total. The average molecular weight is 716 g/mol. The number of benzene rings is 9. The summed E-state index contributed by atoms with van der Waals surface area (Å²) in [5.74, 6) is 0. The van der Waals surface area contributed by atoms with Gasteiger partial charge in [-0.05, 0) is 158 Å². The van der Waals surface area contributed by atoms with Crippen LogP contribution < -0.4 is 4.90 Å². The van der Waals surface area contributed by atoms with E-state index in [0.29, 0.717) is 0 Å². The number of hydrogen-bond acceptors (Lipinski definition) is 2. The Morgan fingerprint density at radius 1 is 0.411 bits per heavy atom. The van der Waals surface area contributed by atoms with E-state index in [1.54, 1.807) is 0 Å². The Bertz CT molecular complexity index is 3190. The lowest BCUT2D eigenvalue weighted by Crippen LogP contribution is -2.14. The molecule has 2 heteroatoms. The molecular formula is C54H37NO. The molecule has 2 aliphatic carbocycles. The van der Waals surface area contributed by atoms with Crippen LogP contribution in [0.5, 0.6) is 0 Å². The summed E-state index contributed by atoms with van der Waals surface area (Å²) in [7, 11) is 0. The number of para-hydroxylation sites is 2. The molecule has 0 radical (unpaired) electrons. The summed E-state index contributed by atoms with van der Waals surface area (Å²) >= 11 is 0. The van der Waals surface area contributed by atoms with Crippen molar-refractivity contribution in [2.45, 2.75) is 25.7 Å². The highest BCUT2D eigenvalue weighted by molar-refractivity contribution is 6.14. The van der Waals surface area contributed by atoms with Crippen molar-refractivity contribution in [3.8, 4) is 44.5 Å². The summed E-state index contributed by atoms with van der Waals surface area (Å²) in [4.78, 5) is 2.47. The van der Waals surface area contributed by atoms with Crippen LogP contribution in [0.1, 0.15) is 24.0 Å². The molecule has 1 aromatic heterocycles. The fraction of sp³-hybridized carbons (Fsp3) is 0.0741. The molecule has 0 amide bonds. The van der Waals surface area contributed by atoms with Crippen LogP contribution in [0.2, 0.25) is 0 Å². The van der Waals surface area contributed by atoms with Gasteiger partial charge in [-0.2, -0.15) is 0 Å². The summed E-state index contributed by atoms with van der Waals surface area (Å²) < 4.78 is 6.77. The van der Waals surface area contributed by atoms with Crippen molar-refractivity contribution in [3.05, 3.63) is 187 Å². The van der Waals surface area contributed by atoms with E-state index < -0.39 is 0 Å². The predicted molar refractivity (Wildman–Crippen MR) is 235 cm³/mol. The highest BCUT2D eigenvalue weighted by Crippen LogP contribution is 2.52. The fourth-order valence-corrected chi connectivity index (χ4v) is 9.61. The summed E-state index contributed by atoms with van der Waals surface area (Å²) in [5.41, 5.74) is 18.5. The van der Waals surface area contributed by atoms with Crippen LogP contribution >= 0.6 is 0 Å². The molecule has 0 bridgehead atoms. The zero-order chi connectivity index (χ0) is 36.7. The van der Waals surface area contributed by atoms with Gasteiger partial charge in [0.15, 0.2) is 5.58 Å². The van der Waals surface area contributed by atoms with E-state index in [1.165, 1.54) is 95.7 Å². The minimum absolute atomic E-state index is 0.901. The predicted octanol–water partition coefficient (Wildman–Crippen LogP) is 15.2. The molecule has 264 valence electrons. The maximum Gasteiger partial charge on any atom is 0.159 e. The van der Waals surface area contributed by atoms with Gasteiger partial charge in [0, 0.05) is 22.0 Å². The van der Waals surface area contributed by atoms with Gasteiger partial charge >= 0.3 is 0 Å². The third-order valence-corrected chi connectivity index (χ3v) is 12.3. The Morgan fingerprint density at radius 3 is 1.84 bits per heavy atom. The minimum atomic E-state index is 0.901. The van der Waals surface area contributed by atoms with E-state index >= 15 is 0 Å². The van der Waals surface area contributed by atoms with Gasteiger partial charge in [-0.1, -0.05) is 115 Å². The standard InChI is InChI=1S/C54H37NO/c1-3-12-34(13-4-1)37-22-23-38-30-46-47-31-39-24-26-42(29-41(39)33-49(47)48(46)32-40(38)28-37)55(51-20-11-19-45-44-18-9-10-21-52(44)56-54(45)51)50-27-25-35-14-7-8-17-43(35)53(50)36-15-5-2-6-16-36/h1-6,9-13,15-16,18-33H,7-8,14,17H2. The largest absolute Gasteiger partial charge is 0.454 e. The van der Waals surface area contributed by atoms with Crippen molar-refractivity contribution in [3.63, 3.8) is 0 Å². The third-order valence-electron chi connectivity index (χ3n) is 12.3. The molecule has 0 fully saturated rings. The molecule has 1 heterocycles. The van der Waals surface area contributed by atoms with Gasteiger partial charge in [-0.25, -0.2) is 0 Å². The lowest BCUT2D eigenvalue weighted by molar-refractivity contribution is 0.669. The Hall–Kier alpha value is -6.90. The molecule has 2 aliphatic rings. The Morgan fingerprint density at radius 2 is 1.05 bits per heavy atom. The van der Waals surface area contributed by atoms with Gasteiger partial charge in [0.05, 0.1) is 11.4 Å². The van der Waals surface area contributed by atoms with Gasteiger partial charge in [-0.15, -0.1) is 0 Å². The lowest BCUT2D eigenvalue weighted by atomic mass is 9.77. The van der Waals surface area contributed by atoms with Gasteiger partial charge in [0.25, 0.3) is 0 Å². The summed E-state index contributed by atoms with van der Waals surface area (Å²) in [5, 5.41) is 7.29. The zero-order valence-corrected chi connectivity index (χ0v) is 30.9. The molecule has 10 aromatic rings. The topological polar surface area (TPSA) is 16.4 Å². The van der Waals surface area contributed by atoms with Gasteiger partial charge in [-0.3, -0.25) is 0 Å². The van der Waals surface area contributed by atoms with Crippen LogP contribution in [-0.2, 0) is 12.8 Å². The van der Waals surface area contributed by atoms with E-state index in [4.69, 9.17) is 4.42 Å². The first kappa shape index (κ1) is 31.5. The maximum atomic E-state index is 6.77. The molecule has 0 atom stereocenters. The smallest absolute Gasteiger partial charge is 0.159 e. The number of nitrogens with zero attached hydrogens (tertiary/aromatic N) is 1. The molecule has 56 heavy (non-hydrogen) atoms. The van der Waals surface area contributed by atoms with Crippen molar-refractivity contribution in [1.29, 1.82) is 0 Å². The maximum absolute atomic E-state index is 6.77. The molecule has 12 rings (SSSR count). The van der Waals surface area contributed by atoms with E-state index in [9.17, 15) is 0 Å². The van der Waals surface area contributed by atoms with Crippen LogP contribution in [0.4, 0.5) is 17.1 Å². The van der Waals surface area contributed by atoms with Gasteiger partial charge in [0.2, 0.25) is 0 Å². The van der Waals surface area contributed by atoms with E-state index in [2.05, 4.69) is 181 Å². The van der Waals surface area contributed by atoms with Gasteiger partial charge in [0.1, 0.15) is 5.58 Å². The van der Waals surface area contributed by atoms with Crippen molar-refractivity contribution in [1.82, 2.24) is 0 Å². The molecule has 0 saturated heterocycles. The highest BCUT2D eigenvalue weighted by Gasteiger charge is 2.27. The summed E-state index contributed by atoms with van der Waals surface area (Å²) in [6.45, 7) is 0. The number of anilines is 3. The first-order chi connectivity index (χ1) is 27.7. The van der Waals surface area contributed by atoms with Crippen molar-refractivity contribution >= 4 is 60.5 Å². The normalized spacial score (nSPS) is 13.1. The number of fused-ring (bicyclic) bond motifs is 10. The second-order valence-corrected chi connectivity index (χ2v) is 15.5. The highest BCUT2D eigenvalue weighted by atomic mass is 16.3.